The van der Waals surface area contributed by atoms with Crippen LogP contribution in [0.2, 0.25) is 0 Å². The third kappa shape index (κ3) is 3.82. The number of hydrogen-bond donors (Lipinski definition) is 1. The summed E-state index contributed by atoms with van der Waals surface area (Å²) in [5, 5.41) is 12.3. The summed E-state index contributed by atoms with van der Waals surface area (Å²) < 4.78 is 5.22. The maximum atomic E-state index is 12.5. The number of benzene rings is 1. The molecule has 2 amide bonds. The molecule has 1 N–H and O–H groups in total. The van der Waals surface area contributed by atoms with Gasteiger partial charge in [-0.2, -0.15) is 0 Å². The maximum Gasteiger partial charge on any atom is 0.289 e. The minimum atomic E-state index is -0.266. The first-order chi connectivity index (χ1) is 13.6. The van der Waals surface area contributed by atoms with Gasteiger partial charge in [0, 0.05) is 24.7 Å². The average Bonchev–Trinajstić information content (AvgIpc) is 3.41. The number of hydrogen-bond acceptors (Lipinski definition) is 6. The lowest BCUT2D eigenvalue weighted by Crippen LogP contribution is -2.38. The number of carbonyl (C=O) groups is 2. The lowest BCUT2D eigenvalue weighted by Gasteiger charge is -2.30. The summed E-state index contributed by atoms with van der Waals surface area (Å²) in [6, 6.07) is 11.0. The molecular formula is C20H20N4O3S. The van der Waals surface area contributed by atoms with E-state index in [9.17, 15) is 9.59 Å². The number of rotatable bonds is 4. The van der Waals surface area contributed by atoms with Crippen LogP contribution in [0.3, 0.4) is 0 Å². The normalized spacial score (nSPS) is 16.8. The molecule has 1 atom stereocenters. The Hall–Kier alpha value is -3.00. The van der Waals surface area contributed by atoms with E-state index in [1.54, 1.807) is 17.0 Å². The molecule has 3 heterocycles. The Morgan fingerprint density at radius 3 is 2.86 bits per heavy atom. The summed E-state index contributed by atoms with van der Waals surface area (Å²) in [5.74, 6) is 0.0375. The number of piperidine rings is 1. The lowest BCUT2D eigenvalue weighted by molar-refractivity contribution is 0.0674. The second-order valence-electron chi connectivity index (χ2n) is 6.78. The molecule has 1 fully saturated rings. The third-order valence-corrected chi connectivity index (χ3v) is 5.90. The van der Waals surface area contributed by atoms with Gasteiger partial charge in [-0.25, -0.2) is 0 Å². The average molecular weight is 396 g/mol. The predicted octanol–water partition coefficient (Wildman–Crippen LogP) is 3.71. The molecule has 0 bridgehead atoms. The molecule has 3 aromatic rings. The Morgan fingerprint density at radius 2 is 2.07 bits per heavy atom. The van der Waals surface area contributed by atoms with Crippen molar-refractivity contribution in [2.24, 2.45) is 0 Å². The highest BCUT2D eigenvalue weighted by molar-refractivity contribution is 7.13. The number of likely N-dealkylation sites (tertiary alicyclic amines) is 1. The van der Waals surface area contributed by atoms with E-state index in [0.717, 1.165) is 29.1 Å². The maximum absolute atomic E-state index is 12.5. The molecule has 28 heavy (non-hydrogen) atoms. The van der Waals surface area contributed by atoms with Gasteiger partial charge in [-0.15, -0.1) is 10.2 Å². The molecule has 7 nitrogen and oxygen atoms in total. The molecule has 8 heteroatoms. The van der Waals surface area contributed by atoms with Crippen molar-refractivity contribution in [2.45, 2.75) is 25.7 Å². The van der Waals surface area contributed by atoms with Crippen LogP contribution in [0, 0.1) is 6.92 Å². The summed E-state index contributed by atoms with van der Waals surface area (Å²) in [6.45, 7) is 3.18. The van der Waals surface area contributed by atoms with E-state index < -0.39 is 0 Å². The van der Waals surface area contributed by atoms with Crippen molar-refractivity contribution in [3.63, 3.8) is 0 Å². The third-order valence-electron chi connectivity index (χ3n) is 4.82. The number of anilines is 1. The van der Waals surface area contributed by atoms with Crippen LogP contribution >= 0.6 is 11.3 Å². The van der Waals surface area contributed by atoms with Crippen LogP contribution in [0.1, 0.15) is 49.7 Å². The second-order valence-corrected chi connectivity index (χ2v) is 7.79. The Labute approximate surface area is 166 Å². The van der Waals surface area contributed by atoms with Gasteiger partial charge >= 0.3 is 0 Å². The van der Waals surface area contributed by atoms with E-state index in [4.69, 9.17) is 4.42 Å². The minimum absolute atomic E-state index is 0.0742. The number of carbonyl (C=O) groups excluding carboxylic acids is 2. The molecule has 2 aromatic heterocycles. The zero-order chi connectivity index (χ0) is 19.5. The zero-order valence-corrected chi connectivity index (χ0v) is 16.2. The molecule has 1 aromatic carbocycles. The molecule has 0 radical (unpaired) electrons. The molecule has 4 rings (SSSR count). The molecule has 0 aliphatic carbocycles. The van der Waals surface area contributed by atoms with Gasteiger partial charge in [0.25, 0.3) is 11.8 Å². The van der Waals surface area contributed by atoms with Gasteiger partial charge in [-0.05, 0) is 43.5 Å². The van der Waals surface area contributed by atoms with E-state index in [-0.39, 0.29) is 17.7 Å². The first kappa shape index (κ1) is 18.4. The molecule has 144 valence electrons. The highest BCUT2D eigenvalue weighted by atomic mass is 32.1. The van der Waals surface area contributed by atoms with Crippen molar-refractivity contribution < 1.29 is 14.0 Å². The fourth-order valence-corrected chi connectivity index (χ4v) is 4.16. The van der Waals surface area contributed by atoms with Crippen molar-refractivity contribution >= 4 is 28.8 Å². The van der Waals surface area contributed by atoms with Gasteiger partial charge in [0.05, 0.1) is 6.26 Å². The molecular weight excluding hydrogens is 376 g/mol. The summed E-state index contributed by atoms with van der Waals surface area (Å²) in [5.41, 5.74) is 1.75. The van der Waals surface area contributed by atoms with Crippen LogP contribution in [0.15, 0.2) is 47.1 Å². The summed E-state index contributed by atoms with van der Waals surface area (Å²) in [6.07, 6.45) is 3.29. The van der Waals surface area contributed by atoms with Gasteiger partial charge in [0.2, 0.25) is 5.01 Å². The number of para-hydroxylation sites is 1. The van der Waals surface area contributed by atoms with Crippen molar-refractivity contribution in [3.8, 4) is 0 Å². The molecule has 1 unspecified atom stereocenters. The fraction of sp³-hybridized carbons (Fsp3) is 0.300. The van der Waals surface area contributed by atoms with Gasteiger partial charge in [-0.1, -0.05) is 29.5 Å². The van der Waals surface area contributed by atoms with E-state index in [1.807, 2.05) is 31.2 Å². The van der Waals surface area contributed by atoms with Crippen molar-refractivity contribution in [1.29, 1.82) is 0 Å². The Kier molecular flexibility index (Phi) is 5.21. The van der Waals surface area contributed by atoms with Gasteiger partial charge < -0.3 is 14.6 Å². The number of aryl methyl sites for hydroxylation is 1. The van der Waals surface area contributed by atoms with Crippen molar-refractivity contribution in [1.82, 2.24) is 15.1 Å². The van der Waals surface area contributed by atoms with Gasteiger partial charge in [0.1, 0.15) is 5.01 Å². The summed E-state index contributed by atoms with van der Waals surface area (Å²) in [4.78, 5) is 26.8. The van der Waals surface area contributed by atoms with E-state index >= 15 is 0 Å². The smallest absolute Gasteiger partial charge is 0.289 e. The Balaban J connectivity index is 1.44. The van der Waals surface area contributed by atoms with Gasteiger partial charge in [0.15, 0.2) is 5.76 Å². The Bertz CT molecular complexity index is 983. The number of aromatic nitrogens is 2. The van der Waals surface area contributed by atoms with E-state index in [1.165, 1.54) is 17.6 Å². The largest absolute Gasteiger partial charge is 0.459 e. The number of nitrogens with zero attached hydrogens (tertiary/aromatic N) is 3. The van der Waals surface area contributed by atoms with Crippen LogP contribution in [0.25, 0.3) is 0 Å². The monoisotopic (exact) mass is 396 g/mol. The number of furan rings is 1. The van der Waals surface area contributed by atoms with Crippen molar-refractivity contribution in [2.75, 3.05) is 18.4 Å². The summed E-state index contributed by atoms with van der Waals surface area (Å²) in [7, 11) is 0. The second kappa shape index (κ2) is 7.93. The number of amides is 2. The lowest BCUT2D eigenvalue weighted by atomic mass is 9.98. The highest BCUT2D eigenvalue weighted by Crippen LogP contribution is 2.30. The standard InChI is InChI=1S/C20H20N4O3S/c1-13-6-2-3-8-15(13)21-17(25)19-23-22-18(28-19)14-7-4-10-24(12-14)20(26)16-9-5-11-27-16/h2-3,5-6,8-9,11,14H,4,7,10,12H2,1H3,(H,21,25). The first-order valence-corrected chi connectivity index (χ1v) is 9.96. The first-order valence-electron chi connectivity index (χ1n) is 9.15. The Morgan fingerprint density at radius 1 is 1.21 bits per heavy atom. The summed E-state index contributed by atoms with van der Waals surface area (Å²) >= 11 is 1.29. The minimum Gasteiger partial charge on any atom is -0.459 e. The zero-order valence-electron chi connectivity index (χ0n) is 15.4. The molecule has 0 saturated carbocycles. The topological polar surface area (TPSA) is 88.3 Å². The van der Waals surface area contributed by atoms with Crippen LogP contribution in [-0.2, 0) is 0 Å². The highest BCUT2D eigenvalue weighted by Gasteiger charge is 2.29. The van der Waals surface area contributed by atoms with E-state index in [2.05, 4.69) is 15.5 Å². The SMILES string of the molecule is Cc1ccccc1NC(=O)c1nnc(C2CCCN(C(=O)c3ccco3)C2)s1. The van der Waals surface area contributed by atoms with Crippen molar-refractivity contribution in [3.05, 3.63) is 64.0 Å². The predicted molar refractivity (Wildman–Crippen MR) is 106 cm³/mol. The van der Waals surface area contributed by atoms with Crippen LogP contribution in [-0.4, -0.2) is 40.0 Å². The van der Waals surface area contributed by atoms with Crippen LogP contribution in [0.4, 0.5) is 5.69 Å². The number of nitrogens with one attached hydrogen (secondary N) is 1. The van der Waals surface area contributed by atoms with Gasteiger partial charge in [-0.3, -0.25) is 9.59 Å². The molecule has 0 spiro atoms. The quantitative estimate of drug-likeness (QED) is 0.726. The molecule has 1 aliphatic rings. The van der Waals surface area contributed by atoms with Crippen LogP contribution < -0.4 is 5.32 Å². The fourth-order valence-electron chi connectivity index (χ4n) is 3.30. The van der Waals surface area contributed by atoms with E-state index in [0.29, 0.717) is 23.9 Å². The van der Waals surface area contributed by atoms with Crippen LogP contribution in [0.5, 0.6) is 0 Å². The molecule has 1 aliphatic heterocycles. The molecule has 1 saturated heterocycles.